The molecule has 0 aliphatic carbocycles. The number of benzene rings is 2. The van der Waals surface area contributed by atoms with Gasteiger partial charge in [0.2, 0.25) is 0 Å². The molecule has 1 amide bonds. The lowest BCUT2D eigenvalue weighted by Crippen LogP contribution is -2.17. The van der Waals surface area contributed by atoms with Crippen molar-refractivity contribution in [1.82, 2.24) is 14.5 Å². The molecule has 0 aliphatic heterocycles. The molecule has 32 heavy (non-hydrogen) atoms. The minimum absolute atomic E-state index is 0.184. The third kappa shape index (κ3) is 4.34. The molecule has 4 aromatic rings. The van der Waals surface area contributed by atoms with E-state index in [1.807, 2.05) is 42.5 Å². The SMILES string of the molecule is CCn1c(-c2ccc(NC(=O)OC(C)C)cc2)c(N)c2ccc(Oc3ncccn3)cc21. The Bertz CT molecular complexity index is 1230. The molecule has 2 aromatic carbocycles. The molecule has 0 unspecified atom stereocenters. The number of nitrogens with zero attached hydrogens (tertiary/aromatic N) is 3. The van der Waals surface area contributed by atoms with E-state index >= 15 is 0 Å². The normalized spacial score (nSPS) is 11.0. The number of carbonyl (C=O) groups excluding carboxylic acids is 1. The first-order valence-corrected chi connectivity index (χ1v) is 10.4. The van der Waals surface area contributed by atoms with Crippen LogP contribution in [0.15, 0.2) is 60.9 Å². The van der Waals surface area contributed by atoms with Crippen LogP contribution in [0, 0.1) is 0 Å². The quantitative estimate of drug-likeness (QED) is 0.421. The number of nitrogens with one attached hydrogen (secondary N) is 1. The van der Waals surface area contributed by atoms with Gasteiger partial charge in [-0.25, -0.2) is 14.8 Å². The Labute approximate surface area is 186 Å². The largest absolute Gasteiger partial charge is 0.447 e. The van der Waals surface area contributed by atoms with Crippen molar-refractivity contribution in [2.45, 2.75) is 33.4 Å². The van der Waals surface area contributed by atoms with Crippen molar-refractivity contribution in [2.75, 3.05) is 11.1 Å². The number of rotatable bonds is 6. The lowest BCUT2D eigenvalue weighted by atomic mass is 10.1. The number of hydrogen-bond donors (Lipinski definition) is 2. The van der Waals surface area contributed by atoms with Gasteiger partial charge < -0.3 is 19.8 Å². The third-order valence-electron chi connectivity index (χ3n) is 4.89. The zero-order chi connectivity index (χ0) is 22.7. The number of amides is 1. The predicted octanol–water partition coefficient (Wildman–Crippen LogP) is 5.45. The molecule has 8 heteroatoms. The fraction of sp³-hybridized carbons (Fsp3) is 0.208. The molecule has 2 heterocycles. The first kappa shape index (κ1) is 21.2. The monoisotopic (exact) mass is 431 g/mol. The van der Waals surface area contributed by atoms with E-state index in [9.17, 15) is 4.79 Å². The summed E-state index contributed by atoms with van der Waals surface area (Å²) in [5.41, 5.74) is 10.7. The van der Waals surface area contributed by atoms with Crippen molar-refractivity contribution in [1.29, 1.82) is 0 Å². The van der Waals surface area contributed by atoms with Crippen LogP contribution in [0.1, 0.15) is 20.8 Å². The van der Waals surface area contributed by atoms with Crippen LogP contribution in [0.3, 0.4) is 0 Å². The van der Waals surface area contributed by atoms with Gasteiger partial charge in [0.15, 0.2) is 0 Å². The van der Waals surface area contributed by atoms with Gasteiger partial charge in [-0.15, -0.1) is 0 Å². The summed E-state index contributed by atoms with van der Waals surface area (Å²) in [6, 6.07) is 15.3. The van der Waals surface area contributed by atoms with Crippen LogP contribution in [0.4, 0.5) is 16.2 Å². The molecule has 0 spiro atoms. The Morgan fingerprint density at radius 1 is 1.12 bits per heavy atom. The van der Waals surface area contributed by atoms with E-state index in [0.717, 1.165) is 28.7 Å². The number of anilines is 2. The van der Waals surface area contributed by atoms with Crippen LogP contribution < -0.4 is 15.8 Å². The number of nitrogen functional groups attached to an aromatic ring is 1. The molecule has 2 aromatic heterocycles. The molecule has 0 aliphatic rings. The molecule has 4 rings (SSSR count). The number of ether oxygens (including phenoxy) is 2. The number of fused-ring (bicyclic) bond motifs is 1. The standard InChI is InChI=1S/C24H25N5O3/c1-4-29-20-14-18(32-23-26-12-5-13-27-23)10-11-19(20)21(25)22(29)16-6-8-17(9-7-16)28-24(30)31-15(2)3/h5-15H,4,25H2,1-3H3,(H,28,30). The number of hydrogen-bond acceptors (Lipinski definition) is 6. The first-order valence-electron chi connectivity index (χ1n) is 10.4. The highest BCUT2D eigenvalue weighted by Crippen LogP contribution is 2.38. The maximum atomic E-state index is 11.8. The molecule has 164 valence electrons. The van der Waals surface area contributed by atoms with Crippen LogP contribution in [-0.4, -0.2) is 26.7 Å². The number of aryl methyl sites for hydroxylation is 1. The molecule has 0 fully saturated rings. The Morgan fingerprint density at radius 2 is 1.84 bits per heavy atom. The van der Waals surface area contributed by atoms with Gasteiger partial charge in [0.25, 0.3) is 0 Å². The van der Waals surface area contributed by atoms with Crippen molar-refractivity contribution in [3.05, 3.63) is 60.9 Å². The smallest absolute Gasteiger partial charge is 0.411 e. The van der Waals surface area contributed by atoms with Gasteiger partial charge in [0.1, 0.15) is 5.75 Å². The lowest BCUT2D eigenvalue weighted by Gasteiger charge is -2.12. The van der Waals surface area contributed by atoms with Gasteiger partial charge in [-0.3, -0.25) is 5.32 Å². The van der Waals surface area contributed by atoms with E-state index in [4.69, 9.17) is 15.2 Å². The summed E-state index contributed by atoms with van der Waals surface area (Å²) >= 11 is 0. The molecule has 0 bridgehead atoms. The van der Waals surface area contributed by atoms with Crippen LogP contribution in [-0.2, 0) is 11.3 Å². The van der Waals surface area contributed by atoms with Crippen LogP contribution in [0.5, 0.6) is 11.8 Å². The number of nitrogens with two attached hydrogens (primary N) is 1. The van der Waals surface area contributed by atoms with E-state index in [-0.39, 0.29) is 12.1 Å². The van der Waals surface area contributed by atoms with Gasteiger partial charge in [0.05, 0.1) is 23.0 Å². The van der Waals surface area contributed by atoms with Crippen molar-refractivity contribution in [3.8, 4) is 23.0 Å². The summed E-state index contributed by atoms with van der Waals surface area (Å²) in [5.74, 6) is 0.630. The summed E-state index contributed by atoms with van der Waals surface area (Å²) in [7, 11) is 0. The molecular weight excluding hydrogens is 406 g/mol. The fourth-order valence-corrected chi connectivity index (χ4v) is 3.58. The highest BCUT2D eigenvalue weighted by atomic mass is 16.6. The summed E-state index contributed by atoms with van der Waals surface area (Å²) in [6.07, 6.45) is 2.60. The Kier molecular flexibility index (Phi) is 5.93. The maximum Gasteiger partial charge on any atom is 0.411 e. The topological polar surface area (TPSA) is 104 Å². The third-order valence-corrected chi connectivity index (χ3v) is 4.89. The van der Waals surface area contributed by atoms with Crippen LogP contribution in [0.25, 0.3) is 22.2 Å². The molecule has 0 saturated heterocycles. The second-order valence-corrected chi connectivity index (χ2v) is 7.48. The fourth-order valence-electron chi connectivity index (χ4n) is 3.58. The second kappa shape index (κ2) is 8.97. The average molecular weight is 431 g/mol. The summed E-state index contributed by atoms with van der Waals surface area (Å²) in [4.78, 5) is 20.0. The second-order valence-electron chi connectivity index (χ2n) is 7.48. The molecule has 8 nitrogen and oxygen atoms in total. The van der Waals surface area contributed by atoms with E-state index in [1.165, 1.54) is 0 Å². The summed E-state index contributed by atoms with van der Waals surface area (Å²) < 4.78 is 13.1. The molecule has 0 atom stereocenters. The van der Waals surface area contributed by atoms with Crippen molar-refractivity contribution >= 4 is 28.4 Å². The highest BCUT2D eigenvalue weighted by Gasteiger charge is 2.17. The van der Waals surface area contributed by atoms with Gasteiger partial charge in [-0.2, -0.15) is 0 Å². The van der Waals surface area contributed by atoms with Crippen molar-refractivity contribution in [2.24, 2.45) is 0 Å². The van der Waals surface area contributed by atoms with Crippen molar-refractivity contribution in [3.63, 3.8) is 0 Å². The average Bonchev–Trinajstić information content (AvgIpc) is 3.05. The Morgan fingerprint density at radius 3 is 2.50 bits per heavy atom. The van der Waals surface area contributed by atoms with E-state index in [1.54, 1.807) is 32.3 Å². The van der Waals surface area contributed by atoms with Gasteiger partial charge >= 0.3 is 12.1 Å². The minimum atomic E-state index is -0.482. The minimum Gasteiger partial charge on any atom is -0.447 e. The molecule has 3 N–H and O–H groups in total. The zero-order valence-corrected chi connectivity index (χ0v) is 18.2. The summed E-state index contributed by atoms with van der Waals surface area (Å²) in [5, 5.41) is 3.66. The Hall–Kier alpha value is -4.07. The van der Waals surface area contributed by atoms with Crippen LogP contribution in [0.2, 0.25) is 0 Å². The molecule has 0 radical (unpaired) electrons. The predicted molar refractivity (Wildman–Crippen MR) is 125 cm³/mol. The zero-order valence-electron chi connectivity index (χ0n) is 18.2. The Balaban J connectivity index is 1.66. The molecular formula is C24H25N5O3. The molecule has 0 saturated carbocycles. The van der Waals surface area contributed by atoms with E-state index in [2.05, 4.69) is 26.8 Å². The van der Waals surface area contributed by atoms with Crippen molar-refractivity contribution < 1.29 is 14.3 Å². The van der Waals surface area contributed by atoms with Gasteiger partial charge in [-0.1, -0.05) is 12.1 Å². The number of carbonyl (C=O) groups is 1. The number of aromatic nitrogens is 3. The maximum absolute atomic E-state index is 11.8. The van der Waals surface area contributed by atoms with Gasteiger partial charge in [0, 0.05) is 41.6 Å². The highest BCUT2D eigenvalue weighted by molar-refractivity contribution is 6.01. The van der Waals surface area contributed by atoms with Gasteiger partial charge in [-0.05, 0) is 51.1 Å². The van der Waals surface area contributed by atoms with E-state index < -0.39 is 6.09 Å². The van der Waals surface area contributed by atoms with Crippen LogP contribution >= 0.6 is 0 Å². The van der Waals surface area contributed by atoms with E-state index in [0.29, 0.717) is 17.1 Å². The summed E-state index contributed by atoms with van der Waals surface area (Å²) in [6.45, 7) is 6.39. The lowest BCUT2D eigenvalue weighted by molar-refractivity contribution is 0.130. The first-order chi connectivity index (χ1) is 15.5.